The van der Waals surface area contributed by atoms with E-state index in [4.69, 9.17) is 15.8 Å². The van der Waals surface area contributed by atoms with Gasteiger partial charge in [-0.15, -0.1) is 0 Å². The molecule has 0 amide bonds. The predicted molar refractivity (Wildman–Crippen MR) is 68.7 cm³/mol. The number of rotatable bonds is 7. The highest BCUT2D eigenvalue weighted by Crippen LogP contribution is 2.14. The molecule has 0 bridgehead atoms. The Bertz CT molecular complexity index is 416. The summed E-state index contributed by atoms with van der Waals surface area (Å²) in [7, 11) is 1.87. The summed E-state index contributed by atoms with van der Waals surface area (Å²) >= 11 is 0. The summed E-state index contributed by atoms with van der Waals surface area (Å²) < 4.78 is 5.27. The van der Waals surface area contributed by atoms with Crippen LogP contribution in [0.1, 0.15) is 19.2 Å². The first-order valence-corrected chi connectivity index (χ1v) is 5.71. The summed E-state index contributed by atoms with van der Waals surface area (Å²) in [5.41, 5.74) is 2.50. The first kappa shape index (κ1) is 14.2. The number of nitriles is 1. The second-order valence-corrected chi connectivity index (χ2v) is 3.64. The average molecular weight is 250 g/mol. The van der Waals surface area contributed by atoms with Crippen molar-refractivity contribution >= 4 is 11.6 Å². The highest BCUT2D eigenvalue weighted by Gasteiger charge is 2.08. The van der Waals surface area contributed by atoms with Crippen LogP contribution in [0, 0.1) is 11.3 Å². The quantitative estimate of drug-likeness (QED) is 0.541. The van der Waals surface area contributed by atoms with E-state index in [9.17, 15) is 0 Å². The Morgan fingerprint density at radius 2 is 2.33 bits per heavy atom. The Hall–Kier alpha value is -1.91. The van der Waals surface area contributed by atoms with E-state index >= 15 is 0 Å². The van der Waals surface area contributed by atoms with Gasteiger partial charge in [-0.05, 0) is 6.92 Å². The summed E-state index contributed by atoms with van der Waals surface area (Å²) in [6.07, 6.45) is 0.437. The van der Waals surface area contributed by atoms with E-state index in [1.54, 1.807) is 6.07 Å². The number of nitrogens with two attached hydrogens (primary N) is 1. The maximum atomic E-state index is 8.57. The molecule has 1 rings (SSSR count). The molecule has 0 unspecified atom stereocenters. The lowest BCUT2D eigenvalue weighted by molar-refractivity contribution is 0.128. The lowest BCUT2D eigenvalue weighted by Crippen LogP contribution is -2.21. The molecule has 1 aromatic heterocycles. The van der Waals surface area contributed by atoms with Gasteiger partial charge < -0.3 is 15.1 Å². The van der Waals surface area contributed by atoms with Crippen molar-refractivity contribution in [2.24, 2.45) is 5.84 Å². The summed E-state index contributed by atoms with van der Waals surface area (Å²) in [5, 5.41) is 8.57. The largest absolute Gasteiger partial charge is 0.374 e. The van der Waals surface area contributed by atoms with Gasteiger partial charge in [-0.25, -0.2) is 15.8 Å². The van der Waals surface area contributed by atoms with E-state index < -0.39 is 0 Å². The fourth-order valence-corrected chi connectivity index (χ4v) is 1.34. The van der Waals surface area contributed by atoms with Crippen molar-refractivity contribution in [1.29, 1.82) is 5.26 Å². The van der Waals surface area contributed by atoms with Crippen LogP contribution in [0.3, 0.4) is 0 Å². The van der Waals surface area contributed by atoms with Crippen molar-refractivity contribution in [2.75, 3.05) is 30.5 Å². The maximum absolute atomic E-state index is 8.57. The van der Waals surface area contributed by atoms with Gasteiger partial charge in [-0.2, -0.15) is 5.26 Å². The van der Waals surface area contributed by atoms with E-state index in [2.05, 4.69) is 21.5 Å². The third-order valence-electron chi connectivity index (χ3n) is 2.29. The van der Waals surface area contributed by atoms with E-state index in [0.717, 1.165) is 0 Å². The van der Waals surface area contributed by atoms with E-state index in [1.165, 1.54) is 0 Å². The minimum atomic E-state index is 0.338. The topological polar surface area (TPSA) is 100 Å². The lowest BCUT2D eigenvalue weighted by atomic mass is 10.4. The zero-order valence-electron chi connectivity index (χ0n) is 10.7. The van der Waals surface area contributed by atoms with E-state index in [0.29, 0.717) is 43.6 Å². The van der Waals surface area contributed by atoms with Gasteiger partial charge in [0.25, 0.3) is 0 Å². The summed E-state index contributed by atoms with van der Waals surface area (Å²) in [6.45, 7) is 3.45. The first-order valence-electron chi connectivity index (χ1n) is 5.71. The Kier molecular flexibility index (Phi) is 5.84. The van der Waals surface area contributed by atoms with Gasteiger partial charge in [0.05, 0.1) is 12.5 Å². The first-order chi connectivity index (χ1) is 8.71. The standard InChI is InChI=1S/C11H18N6O/c1-3-18-8-10-14-9(16-13)7-11(15-10)17(2)6-4-5-12/h7H,3-4,6,8,13H2,1-2H3,(H,14,15,16). The molecule has 3 N–H and O–H groups in total. The molecule has 1 heterocycles. The average Bonchev–Trinajstić information content (AvgIpc) is 2.41. The van der Waals surface area contributed by atoms with Crippen molar-refractivity contribution < 1.29 is 4.74 Å². The zero-order valence-corrected chi connectivity index (χ0v) is 10.7. The lowest BCUT2D eigenvalue weighted by Gasteiger charge is -2.18. The van der Waals surface area contributed by atoms with Gasteiger partial charge in [0.1, 0.15) is 18.2 Å². The number of nitrogens with zero attached hydrogens (tertiary/aromatic N) is 4. The molecule has 0 saturated heterocycles. The maximum Gasteiger partial charge on any atom is 0.158 e. The molecule has 0 radical (unpaired) electrons. The molecule has 0 aliphatic rings. The second-order valence-electron chi connectivity index (χ2n) is 3.64. The number of hydrazine groups is 1. The van der Waals surface area contributed by atoms with Crippen LogP contribution >= 0.6 is 0 Å². The fourth-order valence-electron chi connectivity index (χ4n) is 1.34. The smallest absolute Gasteiger partial charge is 0.158 e. The summed E-state index contributed by atoms with van der Waals surface area (Å²) in [5.74, 6) is 7.16. The number of anilines is 2. The predicted octanol–water partition coefficient (Wildman–Crippen LogP) is 0.649. The zero-order chi connectivity index (χ0) is 13.4. The van der Waals surface area contributed by atoms with Gasteiger partial charge in [0, 0.05) is 26.3 Å². The van der Waals surface area contributed by atoms with Gasteiger partial charge in [0.15, 0.2) is 5.82 Å². The fraction of sp³-hybridized carbons (Fsp3) is 0.545. The van der Waals surface area contributed by atoms with Crippen molar-refractivity contribution in [3.05, 3.63) is 11.9 Å². The molecule has 0 aliphatic carbocycles. The van der Waals surface area contributed by atoms with Crippen molar-refractivity contribution in [1.82, 2.24) is 9.97 Å². The van der Waals surface area contributed by atoms with Crippen molar-refractivity contribution in [2.45, 2.75) is 20.0 Å². The van der Waals surface area contributed by atoms with Crippen LogP contribution < -0.4 is 16.2 Å². The number of ether oxygens (including phenoxy) is 1. The second kappa shape index (κ2) is 7.42. The Morgan fingerprint density at radius 1 is 1.56 bits per heavy atom. The third kappa shape index (κ3) is 4.16. The minimum absolute atomic E-state index is 0.338. The van der Waals surface area contributed by atoms with Crippen molar-refractivity contribution in [3.8, 4) is 6.07 Å². The molecule has 0 aromatic carbocycles. The highest BCUT2D eigenvalue weighted by molar-refractivity contribution is 5.48. The van der Waals surface area contributed by atoms with Crippen LogP contribution in [-0.2, 0) is 11.3 Å². The number of nitrogen functional groups attached to an aromatic ring is 1. The van der Waals surface area contributed by atoms with Crippen LogP contribution in [0.25, 0.3) is 0 Å². The molecule has 18 heavy (non-hydrogen) atoms. The molecule has 0 atom stereocenters. The summed E-state index contributed by atoms with van der Waals surface area (Å²) in [6, 6.07) is 3.82. The normalized spacial score (nSPS) is 9.89. The molecular weight excluding hydrogens is 232 g/mol. The number of nitrogens with one attached hydrogen (secondary N) is 1. The molecular formula is C11H18N6O. The monoisotopic (exact) mass is 250 g/mol. The van der Waals surface area contributed by atoms with Crippen LogP contribution in [0.4, 0.5) is 11.6 Å². The molecule has 7 heteroatoms. The summed E-state index contributed by atoms with van der Waals surface area (Å²) in [4.78, 5) is 10.4. The Balaban J connectivity index is 2.85. The minimum Gasteiger partial charge on any atom is -0.374 e. The van der Waals surface area contributed by atoms with Crippen LogP contribution in [0.5, 0.6) is 0 Å². The molecule has 0 aliphatic heterocycles. The Labute approximate surface area is 107 Å². The van der Waals surface area contributed by atoms with Gasteiger partial charge in [0.2, 0.25) is 0 Å². The van der Waals surface area contributed by atoms with Crippen LogP contribution in [0.2, 0.25) is 0 Å². The number of hydrogen-bond donors (Lipinski definition) is 2. The van der Waals surface area contributed by atoms with Gasteiger partial charge in [-0.1, -0.05) is 0 Å². The number of hydrogen-bond acceptors (Lipinski definition) is 7. The molecule has 7 nitrogen and oxygen atoms in total. The van der Waals surface area contributed by atoms with Gasteiger partial charge in [-0.3, -0.25) is 0 Å². The molecule has 0 saturated carbocycles. The number of aromatic nitrogens is 2. The van der Waals surface area contributed by atoms with E-state index in [1.807, 2.05) is 18.9 Å². The van der Waals surface area contributed by atoms with Gasteiger partial charge >= 0.3 is 0 Å². The van der Waals surface area contributed by atoms with Crippen LogP contribution in [0.15, 0.2) is 6.07 Å². The molecule has 0 spiro atoms. The van der Waals surface area contributed by atoms with Crippen molar-refractivity contribution in [3.63, 3.8) is 0 Å². The molecule has 1 aromatic rings. The van der Waals surface area contributed by atoms with Crippen LogP contribution in [-0.4, -0.2) is 30.2 Å². The SMILES string of the molecule is CCOCc1nc(NN)cc(N(C)CCC#N)n1. The highest BCUT2D eigenvalue weighted by atomic mass is 16.5. The third-order valence-corrected chi connectivity index (χ3v) is 2.29. The van der Waals surface area contributed by atoms with E-state index in [-0.39, 0.29) is 0 Å². The molecule has 98 valence electrons. The molecule has 0 fully saturated rings. The Morgan fingerprint density at radius 3 is 2.94 bits per heavy atom.